The lowest BCUT2D eigenvalue weighted by atomic mass is 10.2. The quantitative estimate of drug-likeness (QED) is 0.786. The van der Waals surface area contributed by atoms with Crippen molar-refractivity contribution in [1.82, 2.24) is 10.2 Å². The van der Waals surface area contributed by atoms with Crippen LogP contribution in [-0.2, 0) is 4.79 Å². The maximum atomic E-state index is 13.4. The molecule has 1 amide bonds. The molecule has 1 aliphatic rings. The topological polar surface area (TPSA) is 41.6 Å². The van der Waals surface area contributed by atoms with E-state index in [1.165, 1.54) is 6.07 Å². The number of amides is 1. The molecule has 1 saturated heterocycles. The van der Waals surface area contributed by atoms with Crippen molar-refractivity contribution in [3.05, 3.63) is 29.8 Å². The highest BCUT2D eigenvalue weighted by Gasteiger charge is 2.27. The number of ether oxygens (including phenoxy) is 1. The Morgan fingerprint density at radius 1 is 1.45 bits per heavy atom. The number of carbonyl (C=O) groups is 1. The minimum absolute atomic E-state index is 0.0167. The maximum Gasteiger partial charge on any atom is 0.222 e. The number of likely N-dealkylation sites (N-methyl/N-ethyl adjacent to an activating group) is 1. The molecule has 0 radical (unpaired) electrons. The third kappa shape index (κ3) is 4.40. The van der Waals surface area contributed by atoms with Crippen LogP contribution >= 0.6 is 0 Å². The standard InChI is InChI=1S/C16H22F2N2O2/c1-19-11-13-4-2-8-20(13)16(21)5-3-9-22-15-7-6-12(17)10-14(15)18/h6-7,10,13,19H,2-5,8-9,11H2,1H3. The van der Waals surface area contributed by atoms with E-state index in [2.05, 4.69) is 5.32 Å². The molecular weight excluding hydrogens is 290 g/mol. The molecule has 1 unspecified atom stereocenters. The number of halogens is 2. The summed E-state index contributed by atoms with van der Waals surface area (Å²) in [6, 6.07) is 3.46. The molecule has 1 atom stereocenters. The van der Waals surface area contributed by atoms with Crippen LogP contribution in [-0.4, -0.2) is 43.6 Å². The van der Waals surface area contributed by atoms with Gasteiger partial charge in [-0.25, -0.2) is 8.78 Å². The Morgan fingerprint density at radius 2 is 2.27 bits per heavy atom. The summed E-state index contributed by atoms with van der Waals surface area (Å²) >= 11 is 0. The zero-order chi connectivity index (χ0) is 15.9. The molecule has 22 heavy (non-hydrogen) atoms. The predicted octanol–water partition coefficient (Wildman–Crippen LogP) is 2.33. The molecule has 0 aliphatic carbocycles. The largest absolute Gasteiger partial charge is 0.491 e. The van der Waals surface area contributed by atoms with Crippen molar-refractivity contribution in [2.45, 2.75) is 31.7 Å². The van der Waals surface area contributed by atoms with Crippen LogP contribution < -0.4 is 10.1 Å². The SMILES string of the molecule is CNCC1CCCN1C(=O)CCCOc1ccc(F)cc1F. The summed E-state index contributed by atoms with van der Waals surface area (Å²) < 4.78 is 31.4. The molecule has 4 nitrogen and oxygen atoms in total. The summed E-state index contributed by atoms with van der Waals surface area (Å²) in [5.74, 6) is -1.23. The van der Waals surface area contributed by atoms with Gasteiger partial charge >= 0.3 is 0 Å². The number of carbonyl (C=O) groups excluding carboxylic acids is 1. The number of nitrogens with zero attached hydrogens (tertiary/aromatic N) is 1. The van der Waals surface area contributed by atoms with Crippen molar-refractivity contribution in [3.63, 3.8) is 0 Å². The monoisotopic (exact) mass is 312 g/mol. The first-order chi connectivity index (χ1) is 10.6. The lowest BCUT2D eigenvalue weighted by molar-refractivity contribution is -0.132. The predicted molar refractivity (Wildman–Crippen MR) is 79.7 cm³/mol. The van der Waals surface area contributed by atoms with Gasteiger partial charge in [-0.15, -0.1) is 0 Å². The molecule has 2 rings (SSSR count). The Hall–Kier alpha value is -1.69. The van der Waals surface area contributed by atoms with Gasteiger partial charge in [0.25, 0.3) is 0 Å². The number of hydrogen-bond donors (Lipinski definition) is 1. The number of rotatable bonds is 7. The summed E-state index contributed by atoms with van der Waals surface area (Å²) in [6.45, 7) is 1.85. The number of hydrogen-bond acceptors (Lipinski definition) is 3. The van der Waals surface area contributed by atoms with E-state index in [1.54, 1.807) is 0 Å². The van der Waals surface area contributed by atoms with Crippen LogP contribution in [0.5, 0.6) is 5.75 Å². The van der Waals surface area contributed by atoms with E-state index in [0.717, 1.165) is 38.1 Å². The first-order valence-electron chi connectivity index (χ1n) is 7.63. The van der Waals surface area contributed by atoms with E-state index < -0.39 is 11.6 Å². The number of nitrogens with one attached hydrogen (secondary N) is 1. The van der Waals surface area contributed by atoms with E-state index in [1.807, 2.05) is 11.9 Å². The van der Waals surface area contributed by atoms with Gasteiger partial charge in [-0.2, -0.15) is 0 Å². The van der Waals surface area contributed by atoms with Crippen molar-refractivity contribution in [1.29, 1.82) is 0 Å². The third-order valence-electron chi connectivity index (χ3n) is 3.82. The summed E-state index contributed by atoms with van der Waals surface area (Å²) in [4.78, 5) is 14.1. The van der Waals surface area contributed by atoms with Crippen LogP contribution in [0.25, 0.3) is 0 Å². The van der Waals surface area contributed by atoms with E-state index >= 15 is 0 Å². The lowest BCUT2D eigenvalue weighted by Gasteiger charge is -2.24. The van der Waals surface area contributed by atoms with Crippen LogP contribution in [0.4, 0.5) is 8.78 Å². The molecule has 1 N–H and O–H groups in total. The second-order valence-electron chi connectivity index (χ2n) is 5.47. The normalized spacial score (nSPS) is 17.8. The first kappa shape index (κ1) is 16.7. The molecular formula is C16H22F2N2O2. The van der Waals surface area contributed by atoms with Crippen molar-refractivity contribution >= 4 is 5.91 Å². The van der Waals surface area contributed by atoms with Gasteiger partial charge in [0.05, 0.1) is 6.61 Å². The van der Waals surface area contributed by atoms with Gasteiger partial charge in [0.2, 0.25) is 5.91 Å². The molecule has 1 heterocycles. The minimum atomic E-state index is -0.722. The third-order valence-corrected chi connectivity index (χ3v) is 3.82. The van der Waals surface area contributed by atoms with E-state index in [4.69, 9.17) is 4.74 Å². The van der Waals surface area contributed by atoms with Crippen molar-refractivity contribution in [3.8, 4) is 5.75 Å². The Balaban J connectivity index is 1.73. The Kier molecular flexibility index (Phi) is 6.12. The van der Waals surface area contributed by atoms with Gasteiger partial charge in [0.15, 0.2) is 11.6 Å². The van der Waals surface area contributed by atoms with E-state index in [9.17, 15) is 13.6 Å². The fourth-order valence-corrected chi connectivity index (χ4v) is 2.75. The molecule has 0 saturated carbocycles. The number of benzene rings is 1. The Morgan fingerprint density at radius 3 is 3.00 bits per heavy atom. The van der Waals surface area contributed by atoms with Crippen molar-refractivity contribution in [2.75, 3.05) is 26.7 Å². The molecule has 1 aromatic rings. The van der Waals surface area contributed by atoms with Gasteiger partial charge in [0, 0.05) is 31.6 Å². The van der Waals surface area contributed by atoms with Gasteiger partial charge in [-0.3, -0.25) is 4.79 Å². The zero-order valence-corrected chi connectivity index (χ0v) is 12.8. The zero-order valence-electron chi connectivity index (χ0n) is 12.8. The van der Waals surface area contributed by atoms with Gasteiger partial charge in [-0.1, -0.05) is 0 Å². The average Bonchev–Trinajstić information content (AvgIpc) is 2.94. The maximum absolute atomic E-state index is 13.4. The van der Waals surface area contributed by atoms with Crippen LogP contribution in [0.15, 0.2) is 18.2 Å². The van der Waals surface area contributed by atoms with E-state index in [0.29, 0.717) is 12.8 Å². The van der Waals surface area contributed by atoms with Crippen LogP contribution in [0.2, 0.25) is 0 Å². The molecule has 1 fully saturated rings. The number of likely N-dealkylation sites (tertiary alicyclic amines) is 1. The summed E-state index contributed by atoms with van der Waals surface area (Å²) in [7, 11) is 1.88. The van der Waals surface area contributed by atoms with Crippen LogP contribution in [0.1, 0.15) is 25.7 Å². The summed E-state index contributed by atoms with van der Waals surface area (Å²) in [5, 5.41) is 3.10. The van der Waals surface area contributed by atoms with Gasteiger partial charge < -0.3 is 15.0 Å². The molecule has 1 aliphatic heterocycles. The highest BCUT2D eigenvalue weighted by atomic mass is 19.1. The second-order valence-corrected chi connectivity index (χ2v) is 5.47. The van der Waals surface area contributed by atoms with Crippen LogP contribution in [0, 0.1) is 11.6 Å². The molecule has 6 heteroatoms. The Labute approximate surface area is 129 Å². The van der Waals surface area contributed by atoms with Gasteiger partial charge in [0.1, 0.15) is 5.82 Å². The molecule has 0 aromatic heterocycles. The fourth-order valence-electron chi connectivity index (χ4n) is 2.75. The van der Waals surface area contributed by atoms with Crippen LogP contribution in [0.3, 0.4) is 0 Å². The van der Waals surface area contributed by atoms with E-state index in [-0.39, 0.29) is 24.3 Å². The van der Waals surface area contributed by atoms with Crippen molar-refractivity contribution < 1.29 is 18.3 Å². The molecule has 1 aromatic carbocycles. The first-order valence-corrected chi connectivity index (χ1v) is 7.63. The minimum Gasteiger partial charge on any atom is -0.491 e. The highest BCUT2D eigenvalue weighted by molar-refractivity contribution is 5.76. The molecule has 0 spiro atoms. The van der Waals surface area contributed by atoms with Gasteiger partial charge in [-0.05, 0) is 38.4 Å². The highest BCUT2D eigenvalue weighted by Crippen LogP contribution is 2.19. The fraction of sp³-hybridized carbons (Fsp3) is 0.562. The van der Waals surface area contributed by atoms with Crippen molar-refractivity contribution in [2.24, 2.45) is 0 Å². The summed E-state index contributed by atoms with van der Waals surface area (Å²) in [5.41, 5.74) is 0. The molecule has 0 bridgehead atoms. The average molecular weight is 312 g/mol. The summed E-state index contributed by atoms with van der Waals surface area (Å²) in [6.07, 6.45) is 2.96. The smallest absolute Gasteiger partial charge is 0.222 e. The molecule has 122 valence electrons. The second kappa shape index (κ2) is 8.08. The Bertz CT molecular complexity index is 511. The lowest BCUT2D eigenvalue weighted by Crippen LogP contribution is -2.40.